The predicted octanol–water partition coefficient (Wildman–Crippen LogP) is 1.95. The minimum atomic E-state index is -0.494. The Balaban J connectivity index is 1.84. The van der Waals surface area contributed by atoms with Crippen LogP contribution < -0.4 is 21.2 Å². The second-order valence-corrected chi connectivity index (χ2v) is 5.52. The van der Waals surface area contributed by atoms with E-state index in [9.17, 15) is 9.59 Å². The van der Waals surface area contributed by atoms with Crippen molar-refractivity contribution in [2.75, 3.05) is 12.1 Å². The molecule has 3 rings (SSSR count). The molecule has 0 saturated carbocycles. The largest absolute Gasteiger partial charge is 0.340 e. The van der Waals surface area contributed by atoms with Gasteiger partial charge >= 0.3 is 6.03 Å². The maximum absolute atomic E-state index is 12.3. The predicted molar refractivity (Wildman–Crippen MR) is 95.9 cm³/mol. The van der Waals surface area contributed by atoms with Crippen molar-refractivity contribution >= 4 is 23.3 Å². The number of rotatable bonds is 3. The molecule has 128 valence electrons. The molecular formula is C18H19N5O2. The Morgan fingerprint density at radius 2 is 1.64 bits per heavy atom. The third-order valence-electron chi connectivity index (χ3n) is 3.89. The Labute approximate surface area is 145 Å². The molecule has 0 aliphatic carbocycles. The molecule has 7 heteroatoms. The van der Waals surface area contributed by atoms with Crippen LogP contribution in [0.25, 0.3) is 0 Å². The summed E-state index contributed by atoms with van der Waals surface area (Å²) in [5, 5.41) is 8.69. The van der Waals surface area contributed by atoms with Gasteiger partial charge in [0, 0.05) is 13.5 Å². The average molecular weight is 337 g/mol. The molecule has 7 nitrogen and oxygen atoms in total. The van der Waals surface area contributed by atoms with Crippen molar-refractivity contribution in [2.24, 2.45) is 5.10 Å². The van der Waals surface area contributed by atoms with E-state index in [1.165, 1.54) is 7.05 Å². The first-order chi connectivity index (χ1) is 12.2. The van der Waals surface area contributed by atoms with E-state index in [0.29, 0.717) is 12.1 Å². The summed E-state index contributed by atoms with van der Waals surface area (Å²) in [5.41, 5.74) is 6.95. The van der Waals surface area contributed by atoms with Gasteiger partial charge in [-0.25, -0.2) is 10.2 Å². The number of hydrazine groups is 1. The number of hydrazone groups is 1. The summed E-state index contributed by atoms with van der Waals surface area (Å²) in [6.45, 7) is 0. The van der Waals surface area contributed by atoms with E-state index in [-0.39, 0.29) is 6.04 Å². The van der Waals surface area contributed by atoms with Crippen molar-refractivity contribution in [3.8, 4) is 0 Å². The molecule has 1 heterocycles. The lowest BCUT2D eigenvalue weighted by atomic mass is 10.0. The molecule has 2 aromatic rings. The Morgan fingerprint density at radius 3 is 2.28 bits per heavy atom. The third kappa shape index (κ3) is 3.77. The van der Waals surface area contributed by atoms with Crippen molar-refractivity contribution in [2.45, 2.75) is 12.5 Å². The molecule has 0 spiro atoms. The standard InChI is InChI=1S/C18H19N5O2/c1-19-18(25)21-20-17(24)15-12-16(13-8-4-2-5-9-13)23(22-15)14-10-6-3-7-11-14/h2-11,16H,12H2,1H3,(H,20,24)(H2,19,21,25)/t16-/m1/s1. The number of amides is 3. The van der Waals surface area contributed by atoms with Crippen LogP contribution in [0.4, 0.5) is 10.5 Å². The van der Waals surface area contributed by atoms with E-state index in [1.807, 2.05) is 65.7 Å². The van der Waals surface area contributed by atoms with Gasteiger partial charge in [0.05, 0.1) is 11.7 Å². The second-order valence-electron chi connectivity index (χ2n) is 5.52. The molecule has 3 N–H and O–H groups in total. The molecule has 25 heavy (non-hydrogen) atoms. The molecule has 1 aliphatic rings. The van der Waals surface area contributed by atoms with E-state index < -0.39 is 11.9 Å². The van der Waals surface area contributed by atoms with Crippen LogP contribution >= 0.6 is 0 Å². The highest BCUT2D eigenvalue weighted by Gasteiger charge is 2.32. The average Bonchev–Trinajstić information content (AvgIpc) is 3.12. The number of nitrogens with zero attached hydrogens (tertiary/aromatic N) is 2. The zero-order chi connectivity index (χ0) is 17.6. The van der Waals surface area contributed by atoms with Gasteiger partial charge in [-0.1, -0.05) is 48.5 Å². The highest BCUT2D eigenvalue weighted by Crippen LogP contribution is 2.34. The molecule has 0 unspecified atom stereocenters. The molecule has 0 saturated heterocycles. The van der Waals surface area contributed by atoms with Crippen molar-refractivity contribution in [1.29, 1.82) is 0 Å². The second kappa shape index (κ2) is 7.48. The van der Waals surface area contributed by atoms with Gasteiger partial charge in [-0.3, -0.25) is 15.2 Å². The van der Waals surface area contributed by atoms with Gasteiger partial charge in [0.15, 0.2) is 0 Å². The van der Waals surface area contributed by atoms with Crippen LogP contribution in [-0.4, -0.2) is 24.7 Å². The molecule has 2 aromatic carbocycles. The van der Waals surface area contributed by atoms with Crippen LogP contribution in [0.15, 0.2) is 65.8 Å². The molecular weight excluding hydrogens is 318 g/mol. The number of para-hydroxylation sites is 1. The van der Waals surface area contributed by atoms with Gasteiger partial charge in [-0.2, -0.15) is 5.10 Å². The Hall–Kier alpha value is -3.35. The number of benzene rings is 2. The summed E-state index contributed by atoms with van der Waals surface area (Å²) >= 11 is 0. The number of carbonyl (C=O) groups excluding carboxylic acids is 2. The maximum atomic E-state index is 12.3. The monoisotopic (exact) mass is 337 g/mol. The van der Waals surface area contributed by atoms with Crippen LogP contribution in [-0.2, 0) is 4.79 Å². The van der Waals surface area contributed by atoms with E-state index >= 15 is 0 Å². The first-order valence-corrected chi connectivity index (χ1v) is 7.94. The van der Waals surface area contributed by atoms with Gasteiger partial charge in [0.25, 0.3) is 5.91 Å². The Kier molecular flexibility index (Phi) is 4.94. The summed E-state index contributed by atoms with van der Waals surface area (Å²) in [5.74, 6) is -0.428. The highest BCUT2D eigenvalue weighted by atomic mass is 16.2. The minimum Gasteiger partial charge on any atom is -0.340 e. The van der Waals surface area contributed by atoms with Crippen LogP contribution in [0, 0.1) is 0 Å². The zero-order valence-corrected chi connectivity index (χ0v) is 13.8. The van der Waals surface area contributed by atoms with Crippen LogP contribution in [0.5, 0.6) is 0 Å². The summed E-state index contributed by atoms with van der Waals surface area (Å²) in [4.78, 5) is 23.5. The first kappa shape index (κ1) is 16.5. The minimum absolute atomic E-state index is 0.0793. The quantitative estimate of drug-likeness (QED) is 0.748. The lowest BCUT2D eigenvalue weighted by Gasteiger charge is -2.23. The molecule has 1 aliphatic heterocycles. The molecule has 0 aromatic heterocycles. The number of nitrogens with one attached hydrogen (secondary N) is 3. The Morgan fingerprint density at radius 1 is 1.00 bits per heavy atom. The summed E-state index contributed by atoms with van der Waals surface area (Å²) < 4.78 is 0. The van der Waals surface area contributed by atoms with E-state index in [2.05, 4.69) is 21.3 Å². The summed E-state index contributed by atoms with van der Waals surface area (Å²) in [6, 6.07) is 19.0. The van der Waals surface area contributed by atoms with Gasteiger partial charge < -0.3 is 5.32 Å². The van der Waals surface area contributed by atoms with E-state index in [0.717, 1.165) is 11.3 Å². The number of urea groups is 1. The van der Waals surface area contributed by atoms with Gasteiger partial charge in [-0.05, 0) is 17.7 Å². The molecule has 1 atom stereocenters. The highest BCUT2D eigenvalue weighted by molar-refractivity contribution is 6.39. The molecule has 0 bridgehead atoms. The van der Waals surface area contributed by atoms with Crippen molar-refractivity contribution in [3.05, 3.63) is 66.2 Å². The molecule has 3 amide bonds. The number of carbonyl (C=O) groups is 2. The van der Waals surface area contributed by atoms with Crippen molar-refractivity contribution < 1.29 is 9.59 Å². The van der Waals surface area contributed by atoms with E-state index in [4.69, 9.17) is 0 Å². The lowest BCUT2D eigenvalue weighted by Crippen LogP contribution is -2.48. The zero-order valence-electron chi connectivity index (χ0n) is 13.8. The SMILES string of the molecule is CNC(=O)NNC(=O)C1=NN(c2ccccc2)[C@@H](c2ccccc2)C1. The number of hydrogen-bond donors (Lipinski definition) is 3. The first-order valence-electron chi connectivity index (χ1n) is 7.94. The number of anilines is 1. The fourth-order valence-corrected chi connectivity index (χ4v) is 2.65. The normalized spacial score (nSPS) is 16.1. The number of hydrogen-bond acceptors (Lipinski definition) is 4. The fraction of sp³-hybridized carbons (Fsp3) is 0.167. The van der Waals surface area contributed by atoms with Gasteiger partial charge in [0.1, 0.15) is 5.71 Å². The summed E-state index contributed by atoms with van der Waals surface area (Å²) in [6.07, 6.45) is 0.445. The fourth-order valence-electron chi connectivity index (χ4n) is 2.65. The smallest absolute Gasteiger partial charge is 0.333 e. The van der Waals surface area contributed by atoms with Crippen molar-refractivity contribution in [1.82, 2.24) is 16.2 Å². The maximum Gasteiger partial charge on any atom is 0.333 e. The molecule has 0 fully saturated rings. The molecule has 0 radical (unpaired) electrons. The lowest BCUT2D eigenvalue weighted by molar-refractivity contribution is -0.115. The third-order valence-corrected chi connectivity index (χ3v) is 3.89. The van der Waals surface area contributed by atoms with Crippen LogP contribution in [0.1, 0.15) is 18.0 Å². The van der Waals surface area contributed by atoms with Gasteiger partial charge in [-0.15, -0.1) is 0 Å². The topological polar surface area (TPSA) is 85.8 Å². The van der Waals surface area contributed by atoms with Crippen LogP contribution in [0.2, 0.25) is 0 Å². The van der Waals surface area contributed by atoms with E-state index in [1.54, 1.807) is 0 Å². The van der Waals surface area contributed by atoms with Gasteiger partial charge in [0.2, 0.25) is 0 Å². The summed E-state index contributed by atoms with van der Waals surface area (Å²) in [7, 11) is 1.47. The van der Waals surface area contributed by atoms with Crippen molar-refractivity contribution in [3.63, 3.8) is 0 Å². The Bertz CT molecular complexity index is 777. The van der Waals surface area contributed by atoms with Crippen LogP contribution in [0.3, 0.4) is 0 Å².